The monoisotopic (exact) mass is 417 g/mol. The van der Waals surface area contributed by atoms with E-state index in [0.29, 0.717) is 34.2 Å². The van der Waals surface area contributed by atoms with Gasteiger partial charge in [0.15, 0.2) is 0 Å². The molecule has 30 heavy (non-hydrogen) atoms. The topological polar surface area (TPSA) is 51.8 Å². The largest absolute Gasteiger partial charge is 0.462 e. The van der Waals surface area contributed by atoms with Crippen LogP contribution in [0.25, 0.3) is 22.3 Å². The van der Waals surface area contributed by atoms with E-state index in [9.17, 15) is 4.79 Å². The third kappa shape index (κ3) is 4.44. The first-order chi connectivity index (χ1) is 14.6. The zero-order chi connectivity index (χ0) is 20.9. The van der Waals surface area contributed by atoms with Gasteiger partial charge in [-0.1, -0.05) is 48.9 Å². The van der Waals surface area contributed by atoms with E-state index in [0.717, 1.165) is 22.7 Å². The number of nitrogens with zero attached hydrogens (tertiary/aromatic N) is 1. The predicted octanol–water partition coefficient (Wildman–Crippen LogP) is 6.55. The Morgan fingerprint density at radius 1 is 1.00 bits per heavy atom. The highest BCUT2D eigenvalue weighted by molar-refractivity contribution is 6.31. The number of halogens is 1. The number of carbonyl (C=O) groups excluding carboxylic acids is 1. The molecule has 0 radical (unpaired) electrons. The summed E-state index contributed by atoms with van der Waals surface area (Å²) in [6, 6.07) is 24.3. The molecule has 150 valence electrons. The lowest BCUT2D eigenvalue weighted by molar-refractivity contribution is 0.0505. The second-order valence-corrected chi connectivity index (χ2v) is 7.23. The first kappa shape index (κ1) is 19.9. The summed E-state index contributed by atoms with van der Waals surface area (Å²) in [5.41, 5.74) is 2.87. The average molecular weight is 418 g/mol. The summed E-state index contributed by atoms with van der Waals surface area (Å²) < 4.78 is 11.3. The van der Waals surface area contributed by atoms with Crippen LogP contribution in [0, 0.1) is 0 Å². The molecule has 0 aliphatic heterocycles. The van der Waals surface area contributed by atoms with Gasteiger partial charge in [-0.15, -0.1) is 0 Å². The predicted molar refractivity (Wildman–Crippen MR) is 119 cm³/mol. The van der Waals surface area contributed by atoms with Crippen molar-refractivity contribution in [2.45, 2.75) is 13.3 Å². The van der Waals surface area contributed by atoms with Crippen molar-refractivity contribution in [2.24, 2.45) is 4.99 Å². The molecule has 0 bridgehead atoms. The van der Waals surface area contributed by atoms with Crippen molar-refractivity contribution in [3.8, 4) is 11.3 Å². The van der Waals surface area contributed by atoms with Crippen molar-refractivity contribution in [1.82, 2.24) is 0 Å². The summed E-state index contributed by atoms with van der Waals surface area (Å²) in [6.45, 7) is 2.37. The summed E-state index contributed by atoms with van der Waals surface area (Å²) in [4.78, 5) is 16.8. The molecule has 0 N–H and O–H groups in total. The van der Waals surface area contributed by atoms with Crippen LogP contribution in [-0.2, 0) is 4.74 Å². The van der Waals surface area contributed by atoms with Gasteiger partial charge in [0.25, 0.3) is 0 Å². The molecule has 4 rings (SSSR count). The fraction of sp³-hybridized carbons (Fsp3) is 0.120. The van der Waals surface area contributed by atoms with Gasteiger partial charge in [-0.05, 0) is 48.9 Å². The maximum absolute atomic E-state index is 12.0. The molecule has 0 aliphatic rings. The molecule has 5 heteroatoms. The molecular formula is C25H20ClNO3. The van der Waals surface area contributed by atoms with E-state index in [1.807, 2.05) is 55.5 Å². The molecule has 1 heterocycles. The van der Waals surface area contributed by atoms with Crippen LogP contribution in [0.5, 0.6) is 0 Å². The number of ether oxygens (including phenoxy) is 1. The molecule has 0 unspecified atom stereocenters. The number of benzene rings is 3. The third-order valence-electron chi connectivity index (χ3n) is 4.55. The molecule has 0 saturated carbocycles. The van der Waals surface area contributed by atoms with Crippen LogP contribution < -0.4 is 5.36 Å². The van der Waals surface area contributed by atoms with Gasteiger partial charge in [0.2, 0.25) is 0 Å². The summed E-state index contributed by atoms with van der Waals surface area (Å²) in [6.07, 6.45) is 0.789. The lowest BCUT2D eigenvalue weighted by atomic mass is 10.1. The van der Waals surface area contributed by atoms with Crippen molar-refractivity contribution in [2.75, 3.05) is 6.61 Å². The van der Waals surface area contributed by atoms with Gasteiger partial charge in [0.1, 0.15) is 11.3 Å². The van der Waals surface area contributed by atoms with E-state index in [1.54, 1.807) is 30.3 Å². The van der Waals surface area contributed by atoms with Crippen LogP contribution in [0.2, 0.25) is 5.02 Å². The Morgan fingerprint density at radius 2 is 1.77 bits per heavy atom. The standard InChI is InChI=1S/C25H20ClNO3/c1-2-14-29-25(28)18-8-11-20(12-9-18)27-22-16-24(17-6-4-3-5-7-17)30-23-13-10-19(26)15-21(22)23/h3-13,15-16H,2,14H2,1H3. The van der Waals surface area contributed by atoms with Gasteiger partial charge in [-0.2, -0.15) is 0 Å². The maximum Gasteiger partial charge on any atom is 0.338 e. The van der Waals surface area contributed by atoms with Crippen LogP contribution in [-0.4, -0.2) is 12.6 Å². The van der Waals surface area contributed by atoms with Crippen molar-refractivity contribution >= 4 is 34.2 Å². The average Bonchev–Trinajstić information content (AvgIpc) is 2.78. The van der Waals surface area contributed by atoms with Crippen molar-refractivity contribution in [3.63, 3.8) is 0 Å². The molecule has 0 atom stereocenters. The Hall–Kier alpha value is -3.37. The molecule has 4 aromatic rings. The Kier molecular flexibility index (Phi) is 5.96. The van der Waals surface area contributed by atoms with E-state index in [4.69, 9.17) is 25.7 Å². The third-order valence-corrected chi connectivity index (χ3v) is 4.79. The summed E-state index contributed by atoms with van der Waals surface area (Å²) in [7, 11) is 0. The van der Waals surface area contributed by atoms with Gasteiger partial charge in [0, 0.05) is 22.0 Å². The first-order valence-corrected chi connectivity index (χ1v) is 10.1. The lowest BCUT2D eigenvalue weighted by Gasteiger charge is -2.06. The quantitative estimate of drug-likeness (QED) is 0.346. The zero-order valence-corrected chi connectivity index (χ0v) is 17.2. The highest BCUT2D eigenvalue weighted by atomic mass is 35.5. The fourth-order valence-electron chi connectivity index (χ4n) is 3.07. The lowest BCUT2D eigenvalue weighted by Crippen LogP contribution is -2.05. The van der Waals surface area contributed by atoms with Gasteiger partial charge < -0.3 is 9.15 Å². The van der Waals surface area contributed by atoms with E-state index in [2.05, 4.69) is 0 Å². The number of hydrogen-bond donors (Lipinski definition) is 0. The molecule has 1 aromatic heterocycles. The summed E-state index contributed by atoms with van der Waals surface area (Å²) in [5.74, 6) is 0.384. The highest BCUT2D eigenvalue weighted by Gasteiger charge is 2.08. The normalized spacial score (nSPS) is 11.6. The zero-order valence-electron chi connectivity index (χ0n) is 16.5. The molecule has 0 fully saturated rings. The molecule has 0 spiro atoms. The number of carbonyl (C=O) groups is 1. The number of esters is 1. The molecule has 0 amide bonds. The molecule has 3 aromatic carbocycles. The first-order valence-electron chi connectivity index (χ1n) is 9.75. The Bertz CT molecular complexity index is 1250. The van der Waals surface area contributed by atoms with E-state index >= 15 is 0 Å². The molecule has 4 nitrogen and oxygen atoms in total. The van der Waals surface area contributed by atoms with Crippen molar-refractivity contribution in [1.29, 1.82) is 0 Å². The number of hydrogen-bond acceptors (Lipinski definition) is 4. The Morgan fingerprint density at radius 3 is 2.50 bits per heavy atom. The second-order valence-electron chi connectivity index (χ2n) is 6.80. The minimum atomic E-state index is -0.328. The minimum Gasteiger partial charge on any atom is -0.462 e. The molecule has 0 saturated heterocycles. The van der Waals surface area contributed by atoms with Crippen LogP contribution in [0.3, 0.4) is 0 Å². The van der Waals surface area contributed by atoms with Crippen molar-refractivity contribution < 1.29 is 13.9 Å². The summed E-state index contributed by atoms with van der Waals surface area (Å²) in [5, 5.41) is 2.16. The van der Waals surface area contributed by atoms with Crippen LogP contribution >= 0.6 is 11.6 Å². The van der Waals surface area contributed by atoms with E-state index in [-0.39, 0.29) is 5.97 Å². The second kappa shape index (κ2) is 8.97. The molecule has 0 aliphatic carbocycles. The van der Waals surface area contributed by atoms with Crippen molar-refractivity contribution in [3.05, 3.63) is 94.8 Å². The van der Waals surface area contributed by atoms with Gasteiger partial charge in [-0.25, -0.2) is 9.79 Å². The minimum absolute atomic E-state index is 0.328. The highest BCUT2D eigenvalue weighted by Crippen LogP contribution is 2.24. The summed E-state index contributed by atoms with van der Waals surface area (Å²) >= 11 is 6.21. The Balaban J connectivity index is 1.79. The molecular weight excluding hydrogens is 398 g/mol. The van der Waals surface area contributed by atoms with Crippen LogP contribution in [0.15, 0.2) is 88.3 Å². The maximum atomic E-state index is 12.0. The number of rotatable bonds is 5. The van der Waals surface area contributed by atoms with Crippen LogP contribution in [0.1, 0.15) is 23.7 Å². The smallest absolute Gasteiger partial charge is 0.338 e. The van der Waals surface area contributed by atoms with Gasteiger partial charge >= 0.3 is 5.97 Å². The number of fused-ring (bicyclic) bond motifs is 1. The van der Waals surface area contributed by atoms with Crippen LogP contribution in [0.4, 0.5) is 5.69 Å². The van der Waals surface area contributed by atoms with E-state index in [1.165, 1.54) is 0 Å². The van der Waals surface area contributed by atoms with Gasteiger partial charge in [-0.3, -0.25) is 0 Å². The van der Waals surface area contributed by atoms with E-state index < -0.39 is 0 Å². The SMILES string of the molecule is CCCOC(=O)c1ccc(N=c2cc(-c3ccccc3)oc3ccc(Cl)cc23)cc1. The van der Waals surface area contributed by atoms with Gasteiger partial charge in [0.05, 0.1) is 23.2 Å². The fourth-order valence-corrected chi connectivity index (χ4v) is 3.24. The Labute approximate surface area is 179 Å².